The van der Waals surface area contributed by atoms with Crippen LogP contribution in [0.1, 0.15) is 30.6 Å². The number of sulfonamides is 1. The number of rotatable bonds is 5. The molecule has 5 nitrogen and oxygen atoms in total. The van der Waals surface area contributed by atoms with Crippen molar-refractivity contribution in [2.45, 2.75) is 31.2 Å². The SMILES string of the molecule is CCC(C)NS(=O)(=O)c1cc(Cl)cc(C(=O)O)c1Cl. The second-order valence-electron chi connectivity index (χ2n) is 4.00. The summed E-state index contributed by atoms with van der Waals surface area (Å²) in [6.45, 7) is 3.50. The Kier molecular flexibility index (Phi) is 5.20. The number of carbonyl (C=O) groups is 1. The normalized spacial score (nSPS) is 13.3. The van der Waals surface area contributed by atoms with Gasteiger partial charge in [0.1, 0.15) is 4.90 Å². The molecular weight excluding hydrogens is 313 g/mol. The van der Waals surface area contributed by atoms with Crippen LogP contribution >= 0.6 is 23.2 Å². The van der Waals surface area contributed by atoms with Gasteiger partial charge in [-0.15, -0.1) is 0 Å². The fraction of sp³-hybridized carbons (Fsp3) is 0.364. The third-order valence-corrected chi connectivity index (χ3v) is 4.84. The summed E-state index contributed by atoms with van der Waals surface area (Å²) >= 11 is 11.6. The van der Waals surface area contributed by atoms with Crippen LogP contribution in [0.15, 0.2) is 17.0 Å². The Balaban J connectivity index is 3.39. The van der Waals surface area contributed by atoms with Crippen molar-refractivity contribution < 1.29 is 18.3 Å². The molecule has 1 aromatic carbocycles. The number of halogens is 2. The standard InChI is InChI=1S/C11H13Cl2NO4S/c1-3-6(2)14-19(17,18)9-5-7(12)4-8(10(9)13)11(15)16/h4-6,14H,3H2,1-2H3,(H,15,16). The van der Waals surface area contributed by atoms with Crippen LogP contribution in [0.3, 0.4) is 0 Å². The summed E-state index contributed by atoms with van der Waals surface area (Å²) < 4.78 is 26.6. The first-order chi connectivity index (χ1) is 8.69. The minimum absolute atomic E-state index is 0.00803. The van der Waals surface area contributed by atoms with E-state index in [9.17, 15) is 13.2 Å². The van der Waals surface area contributed by atoms with E-state index in [1.54, 1.807) is 6.92 Å². The van der Waals surface area contributed by atoms with Gasteiger partial charge in [0.25, 0.3) is 0 Å². The van der Waals surface area contributed by atoms with Crippen LogP contribution in [-0.2, 0) is 10.0 Å². The molecule has 0 amide bonds. The molecule has 0 radical (unpaired) electrons. The summed E-state index contributed by atoms with van der Waals surface area (Å²) in [6, 6.07) is 1.93. The lowest BCUT2D eigenvalue weighted by molar-refractivity contribution is 0.0697. The maximum absolute atomic E-state index is 12.1. The molecule has 1 unspecified atom stereocenters. The Labute approximate surface area is 121 Å². The van der Waals surface area contributed by atoms with E-state index >= 15 is 0 Å². The largest absolute Gasteiger partial charge is 0.478 e. The molecule has 0 aliphatic carbocycles. The van der Waals surface area contributed by atoms with Crippen LogP contribution in [0.5, 0.6) is 0 Å². The van der Waals surface area contributed by atoms with E-state index in [0.29, 0.717) is 6.42 Å². The van der Waals surface area contributed by atoms with Gasteiger partial charge in [-0.1, -0.05) is 30.1 Å². The van der Waals surface area contributed by atoms with E-state index in [1.165, 1.54) is 0 Å². The molecule has 19 heavy (non-hydrogen) atoms. The number of aromatic carboxylic acids is 1. The number of benzene rings is 1. The van der Waals surface area contributed by atoms with Gasteiger partial charge in [-0.3, -0.25) is 0 Å². The zero-order valence-corrected chi connectivity index (χ0v) is 12.6. The molecular formula is C11H13Cl2NO4S. The number of hydrogen-bond donors (Lipinski definition) is 2. The molecule has 0 spiro atoms. The van der Waals surface area contributed by atoms with Gasteiger partial charge in [0.15, 0.2) is 0 Å². The van der Waals surface area contributed by atoms with Crippen LogP contribution in [0.4, 0.5) is 0 Å². The zero-order valence-electron chi connectivity index (χ0n) is 10.3. The van der Waals surface area contributed by atoms with Gasteiger partial charge in [-0.2, -0.15) is 0 Å². The lowest BCUT2D eigenvalue weighted by Gasteiger charge is -2.14. The smallest absolute Gasteiger partial charge is 0.337 e. The van der Waals surface area contributed by atoms with E-state index in [0.717, 1.165) is 12.1 Å². The molecule has 1 atom stereocenters. The third kappa shape index (κ3) is 3.82. The van der Waals surface area contributed by atoms with Crippen molar-refractivity contribution in [1.82, 2.24) is 4.72 Å². The molecule has 0 aromatic heterocycles. The van der Waals surface area contributed by atoms with Gasteiger partial charge in [-0.25, -0.2) is 17.9 Å². The van der Waals surface area contributed by atoms with Crippen LogP contribution in [-0.4, -0.2) is 25.5 Å². The summed E-state index contributed by atoms with van der Waals surface area (Å²) in [4.78, 5) is 10.6. The Morgan fingerprint density at radius 2 is 2.00 bits per heavy atom. The molecule has 8 heteroatoms. The van der Waals surface area contributed by atoms with Crippen LogP contribution in [0, 0.1) is 0 Å². The van der Waals surface area contributed by atoms with E-state index < -0.39 is 16.0 Å². The number of carboxylic acid groups (broad SMARTS) is 1. The van der Waals surface area contributed by atoms with Gasteiger partial charge >= 0.3 is 5.97 Å². The van der Waals surface area contributed by atoms with Crippen LogP contribution < -0.4 is 4.72 Å². The summed E-state index contributed by atoms with van der Waals surface area (Å²) in [5, 5.41) is 8.59. The molecule has 0 heterocycles. The number of hydrogen-bond acceptors (Lipinski definition) is 3. The van der Waals surface area contributed by atoms with E-state index in [1.807, 2.05) is 6.92 Å². The quantitative estimate of drug-likeness (QED) is 0.871. The van der Waals surface area contributed by atoms with Crippen molar-refractivity contribution in [3.05, 3.63) is 27.7 Å². The predicted octanol–water partition coefficient (Wildman–Crippen LogP) is 2.77. The van der Waals surface area contributed by atoms with Gasteiger partial charge in [-0.05, 0) is 25.5 Å². The van der Waals surface area contributed by atoms with Crippen LogP contribution in [0.25, 0.3) is 0 Å². The first-order valence-corrected chi connectivity index (χ1v) is 7.67. The van der Waals surface area contributed by atoms with Crippen molar-refractivity contribution in [3.63, 3.8) is 0 Å². The molecule has 0 aliphatic rings. The lowest BCUT2D eigenvalue weighted by atomic mass is 10.2. The highest BCUT2D eigenvalue weighted by atomic mass is 35.5. The zero-order chi connectivity index (χ0) is 14.8. The Morgan fingerprint density at radius 3 is 2.47 bits per heavy atom. The molecule has 0 saturated heterocycles. The van der Waals surface area contributed by atoms with Crippen molar-refractivity contribution in [2.75, 3.05) is 0 Å². The predicted molar refractivity (Wildman–Crippen MR) is 73.5 cm³/mol. The fourth-order valence-corrected chi connectivity index (χ4v) is 3.56. The highest BCUT2D eigenvalue weighted by molar-refractivity contribution is 7.89. The Bertz CT molecular complexity index is 601. The molecule has 0 bridgehead atoms. The van der Waals surface area contributed by atoms with Gasteiger partial charge in [0.2, 0.25) is 10.0 Å². The van der Waals surface area contributed by atoms with Gasteiger partial charge in [0.05, 0.1) is 10.6 Å². The molecule has 0 fully saturated rings. The maximum Gasteiger partial charge on any atom is 0.337 e. The topological polar surface area (TPSA) is 83.5 Å². The average molecular weight is 326 g/mol. The fourth-order valence-electron chi connectivity index (χ4n) is 1.33. The summed E-state index contributed by atoms with van der Waals surface area (Å²) in [5.41, 5.74) is -0.348. The van der Waals surface area contributed by atoms with Gasteiger partial charge in [0, 0.05) is 11.1 Å². The average Bonchev–Trinajstić information content (AvgIpc) is 2.30. The lowest BCUT2D eigenvalue weighted by Crippen LogP contribution is -2.32. The molecule has 1 aromatic rings. The number of nitrogens with one attached hydrogen (secondary N) is 1. The first kappa shape index (κ1) is 16.2. The van der Waals surface area contributed by atoms with E-state index in [-0.39, 0.29) is 26.5 Å². The monoisotopic (exact) mass is 325 g/mol. The second-order valence-corrected chi connectivity index (χ2v) is 6.50. The molecule has 106 valence electrons. The molecule has 0 saturated carbocycles. The van der Waals surface area contributed by atoms with Crippen molar-refractivity contribution in [3.8, 4) is 0 Å². The van der Waals surface area contributed by atoms with Crippen LogP contribution in [0.2, 0.25) is 10.0 Å². The van der Waals surface area contributed by atoms with Gasteiger partial charge < -0.3 is 5.11 Å². The maximum atomic E-state index is 12.1. The highest BCUT2D eigenvalue weighted by Crippen LogP contribution is 2.29. The highest BCUT2D eigenvalue weighted by Gasteiger charge is 2.24. The molecule has 0 aliphatic heterocycles. The Hall–Kier alpha value is -0.820. The Morgan fingerprint density at radius 1 is 1.42 bits per heavy atom. The van der Waals surface area contributed by atoms with Crippen molar-refractivity contribution in [2.24, 2.45) is 0 Å². The van der Waals surface area contributed by atoms with Crippen molar-refractivity contribution in [1.29, 1.82) is 0 Å². The molecule has 1 rings (SSSR count). The minimum atomic E-state index is -3.91. The summed E-state index contributed by atoms with van der Waals surface area (Å²) in [5.74, 6) is -1.34. The van der Waals surface area contributed by atoms with Crippen molar-refractivity contribution >= 4 is 39.2 Å². The van der Waals surface area contributed by atoms with E-state index in [4.69, 9.17) is 28.3 Å². The summed E-state index contributed by atoms with van der Waals surface area (Å²) in [6.07, 6.45) is 0.587. The van der Waals surface area contributed by atoms with E-state index in [2.05, 4.69) is 4.72 Å². The summed E-state index contributed by atoms with van der Waals surface area (Å²) in [7, 11) is -3.91. The second kappa shape index (κ2) is 6.09. The molecule has 2 N–H and O–H groups in total. The first-order valence-electron chi connectivity index (χ1n) is 5.43. The minimum Gasteiger partial charge on any atom is -0.478 e. The number of carboxylic acids is 1. The third-order valence-electron chi connectivity index (χ3n) is 2.49.